The summed E-state index contributed by atoms with van der Waals surface area (Å²) in [5.41, 5.74) is 0.600. The summed E-state index contributed by atoms with van der Waals surface area (Å²) in [7, 11) is 1.60. The molecule has 0 fully saturated rings. The molecule has 1 amide bonds. The summed E-state index contributed by atoms with van der Waals surface area (Å²) in [5, 5.41) is 6.64. The molecule has 0 saturated carbocycles. The Morgan fingerprint density at radius 2 is 2.29 bits per heavy atom. The van der Waals surface area contributed by atoms with Crippen molar-refractivity contribution in [3.05, 3.63) is 47.0 Å². The minimum Gasteiger partial charge on any atom is -0.321 e. The Balaban J connectivity index is 2.23. The number of aromatic nitrogens is 2. The highest BCUT2D eigenvalue weighted by Gasteiger charge is 2.15. The van der Waals surface area contributed by atoms with Crippen LogP contribution in [0.5, 0.6) is 0 Å². The van der Waals surface area contributed by atoms with Gasteiger partial charge in [-0.25, -0.2) is 4.39 Å². The maximum absolute atomic E-state index is 12.9. The molecule has 4 nitrogen and oxygen atoms in total. The van der Waals surface area contributed by atoms with Gasteiger partial charge in [-0.15, -0.1) is 0 Å². The molecule has 1 heterocycles. The number of hydrogen-bond acceptors (Lipinski definition) is 2. The van der Waals surface area contributed by atoms with E-state index < -0.39 is 11.7 Å². The summed E-state index contributed by atoms with van der Waals surface area (Å²) < 4.78 is 14.3. The predicted octanol–water partition coefficient (Wildman–Crippen LogP) is 2.46. The Labute approximate surface area is 102 Å². The van der Waals surface area contributed by atoms with Gasteiger partial charge in [-0.1, -0.05) is 17.7 Å². The number of anilines is 1. The van der Waals surface area contributed by atoms with E-state index in [1.54, 1.807) is 13.1 Å². The van der Waals surface area contributed by atoms with Gasteiger partial charge in [0.2, 0.25) is 0 Å². The number of benzene rings is 1. The van der Waals surface area contributed by atoms with Crippen molar-refractivity contribution >= 4 is 23.2 Å². The van der Waals surface area contributed by atoms with Gasteiger partial charge in [0.15, 0.2) is 0 Å². The van der Waals surface area contributed by atoms with E-state index in [4.69, 9.17) is 11.6 Å². The standard InChI is InChI=1S/C11H9ClFN3O/c1-16-10(9(12)6-14-16)11(17)15-8-4-2-3-7(13)5-8/h2-6H,1H3,(H,15,17). The van der Waals surface area contributed by atoms with Crippen LogP contribution >= 0.6 is 11.6 Å². The van der Waals surface area contributed by atoms with Gasteiger partial charge < -0.3 is 5.32 Å². The van der Waals surface area contributed by atoms with Crippen LogP contribution in [0.15, 0.2) is 30.5 Å². The van der Waals surface area contributed by atoms with Crippen molar-refractivity contribution in [3.8, 4) is 0 Å². The first-order chi connectivity index (χ1) is 8.08. The van der Waals surface area contributed by atoms with Crippen LogP contribution in [0.25, 0.3) is 0 Å². The molecule has 2 aromatic rings. The van der Waals surface area contributed by atoms with E-state index in [-0.39, 0.29) is 10.7 Å². The van der Waals surface area contributed by atoms with Gasteiger partial charge in [0, 0.05) is 12.7 Å². The summed E-state index contributed by atoms with van der Waals surface area (Å²) in [4.78, 5) is 11.8. The number of nitrogens with zero attached hydrogens (tertiary/aromatic N) is 2. The molecule has 0 aliphatic heterocycles. The molecule has 88 valence electrons. The van der Waals surface area contributed by atoms with Crippen molar-refractivity contribution < 1.29 is 9.18 Å². The number of aryl methyl sites for hydroxylation is 1. The topological polar surface area (TPSA) is 46.9 Å². The summed E-state index contributed by atoms with van der Waals surface area (Å²) in [6.07, 6.45) is 1.38. The largest absolute Gasteiger partial charge is 0.321 e. The van der Waals surface area contributed by atoms with Gasteiger partial charge in [0.05, 0.1) is 11.2 Å². The van der Waals surface area contributed by atoms with Crippen LogP contribution < -0.4 is 5.32 Å². The lowest BCUT2D eigenvalue weighted by atomic mass is 10.3. The van der Waals surface area contributed by atoms with Crippen molar-refractivity contribution in [3.63, 3.8) is 0 Å². The lowest BCUT2D eigenvalue weighted by Gasteiger charge is -2.05. The van der Waals surface area contributed by atoms with Crippen LogP contribution in [-0.4, -0.2) is 15.7 Å². The highest BCUT2D eigenvalue weighted by Crippen LogP contribution is 2.16. The summed E-state index contributed by atoms with van der Waals surface area (Å²) in [6.45, 7) is 0. The fourth-order valence-corrected chi connectivity index (χ4v) is 1.67. The summed E-state index contributed by atoms with van der Waals surface area (Å²) in [6, 6.07) is 5.62. The summed E-state index contributed by atoms with van der Waals surface area (Å²) in [5.74, 6) is -0.848. The first kappa shape index (κ1) is 11.6. The lowest BCUT2D eigenvalue weighted by molar-refractivity contribution is 0.101. The zero-order valence-electron chi connectivity index (χ0n) is 8.95. The molecular weight excluding hydrogens is 245 g/mol. The van der Waals surface area contributed by atoms with Crippen molar-refractivity contribution in [2.24, 2.45) is 7.05 Å². The van der Waals surface area contributed by atoms with Crippen molar-refractivity contribution in [2.75, 3.05) is 5.32 Å². The number of nitrogens with one attached hydrogen (secondary N) is 1. The molecule has 1 aromatic carbocycles. The van der Waals surface area contributed by atoms with Gasteiger partial charge in [-0.3, -0.25) is 9.48 Å². The molecular formula is C11H9ClFN3O. The van der Waals surface area contributed by atoms with E-state index in [1.165, 1.54) is 29.1 Å². The normalized spacial score (nSPS) is 10.3. The molecule has 0 radical (unpaired) electrons. The molecule has 2 rings (SSSR count). The number of halogens is 2. The molecule has 0 aliphatic carbocycles. The van der Waals surface area contributed by atoms with Gasteiger partial charge >= 0.3 is 0 Å². The van der Waals surface area contributed by atoms with E-state index in [0.717, 1.165) is 0 Å². The smallest absolute Gasteiger partial charge is 0.275 e. The Hall–Kier alpha value is -1.88. The first-order valence-corrected chi connectivity index (χ1v) is 5.20. The molecule has 6 heteroatoms. The molecule has 0 spiro atoms. The van der Waals surface area contributed by atoms with Crippen LogP contribution in [0.3, 0.4) is 0 Å². The van der Waals surface area contributed by atoms with Crippen LogP contribution in [0.2, 0.25) is 5.02 Å². The van der Waals surface area contributed by atoms with Gasteiger partial charge in [0.25, 0.3) is 5.91 Å². The SMILES string of the molecule is Cn1ncc(Cl)c1C(=O)Nc1cccc(F)c1. The van der Waals surface area contributed by atoms with Crippen molar-refractivity contribution in [1.29, 1.82) is 0 Å². The number of carbonyl (C=O) groups is 1. The average Bonchev–Trinajstić information content (AvgIpc) is 2.58. The highest BCUT2D eigenvalue weighted by atomic mass is 35.5. The number of hydrogen-bond donors (Lipinski definition) is 1. The Morgan fingerprint density at radius 3 is 2.88 bits per heavy atom. The third kappa shape index (κ3) is 2.45. The molecule has 0 saturated heterocycles. The minimum atomic E-state index is -0.430. The predicted molar refractivity (Wildman–Crippen MR) is 62.6 cm³/mol. The van der Waals surface area contributed by atoms with Crippen molar-refractivity contribution in [1.82, 2.24) is 9.78 Å². The first-order valence-electron chi connectivity index (χ1n) is 4.82. The maximum atomic E-state index is 12.9. The van der Waals surface area contributed by atoms with Gasteiger partial charge in [-0.05, 0) is 18.2 Å². The quantitative estimate of drug-likeness (QED) is 0.894. The second-order valence-electron chi connectivity index (χ2n) is 3.43. The number of rotatable bonds is 2. The maximum Gasteiger partial charge on any atom is 0.275 e. The Kier molecular flexibility index (Phi) is 3.10. The molecule has 0 atom stereocenters. The van der Waals surface area contributed by atoms with E-state index in [0.29, 0.717) is 5.69 Å². The molecule has 0 bridgehead atoms. The highest BCUT2D eigenvalue weighted by molar-refractivity contribution is 6.34. The zero-order chi connectivity index (χ0) is 12.4. The molecule has 17 heavy (non-hydrogen) atoms. The third-order valence-corrected chi connectivity index (χ3v) is 2.47. The van der Waals surface area contributed by atoms with Crippen molar-refractivity contribution in [2.45, 2.75) is 0 Å². The fourth-order valence-electron chi connectivity index (χ4n) is 1.42. The third-order valence-electron chi connectivity index (χ3n) is 2.19. The van der Waals surface area contributed by atoms with Crippen LogP contribution in [0.4, 0.5) is 10.1 Å². The zero-order valence-corrected chi connectivity index (χ0v) is 9.70. The number of amides is 1. The van der Waals surface area contributed by atoms with Gasteiger partial charge in [0.1, 0.15) is 11.5 Å². The number of carbonyl (C=O) groups excluding carboxylic acids is 1. The molecule has 1 aromatic heterocycles. The second-order valence-corrected chi connectivity index (χ2v) is 3.84. The van der Waals surface area contributed by atoms with Crippen LogP contribution in [0.1, 0.15) is 10.5 Å². The molecule has 0 aliphatic rings. The van der Waals surface area contributed by atoms with E-state index >= 15 is 0 Å². The van der Waals surface area contributed by atoms with E-state index in [1.807, 2.05) is 0 Å². The fraction of sp³-hybridized carbons (Fsp3) is 0.0909. The molecule has 1 N–H and O–H groups in total. The van der Waals surface area contributed by atoms with E-state index in [2.05, 4.69) is 10.4 Å². The van der Waals surface area contributed by atoms with Crippen LogP contribution in [0, 0.1) is 5.82 Å². The monoisotopic (exact) mass is 253 g/mol. The summed E-state index contributed by atoms with van der Waals surface area (Å²) >= 11 is 5.82. The van der Waals surface area contributed by atoms with E-state index in [9.17, 15) is 9.18 Å². The molecule has 0 unspecified atom stereocenters. The average molecular weight is 254 g/mol. The minimum absolute atomic E-state index is 0.232. The van der Waals surface area contributed by atoms with Gasteiger partial charge in [-0.2, -0.15) is 5.10 Å². The van der Waals surface area contributed by atoms with Crippen LogP contribution in [-0.2, 0) is 7.05 Å². The Bertz CT molecular complexity index is 548. The second kappa shape index (κ2) is 4.55. The lowest BCUT2D eigenvalue weighted by Crippen LogP contribution is -2.16. The Morgan fingerprint density at radius 1 is 1.53 bits per heavy atom.